The number of benzene rings is 1. The third-order valence-corrected chi connectivity index (χ3v) is 2.74. The van der Waals surface area contributed by atoms with Gasteiger partial charge in [0.2, 0.25) is 6.54 Å². The fourth-order valence-electron chi connectivity index (χ4n) is 1.61. The van der Waals surface area contributed by atoms with Crippen LogP contribution in [0.25, 0.3) is 10.9 Å². The van der Waals surface area contributed by atoms with Crippen molar-refractivity contribution in [1.82, 2.24) is 4.98 Å². The van der Waals surface area contributed by atoms with Crippen molar-refractivity contribution in [3.63, 3.8) is 0 Å². The summed E-state index contributed by atoms with van der Waals surface area (Å²) in [4.78, 5) is 13.1. The number of thiol groups is 1. The zero-order valence-corrected chi connectivity index (χ0v) is 8.78. The molecule has 0 fully saturated rings. The third-order valence-electron chi connectivity index (χ3n) is 2.30. The van der Waals surface area contributed by atoms with Gasteiger partial charge in [0.25, 0.3) is 0 Å². The summed E-state index contributed by atoms with van der Waals surface area (Å²) >= 11 is 4.24. The number of hydrogen-bond donors (Lipinski definition) is 2. The van der Waals surface area contributed by atoms with Gasteiger partial charge in [-0.2, -0.15) is 12.6 Å². The Kier molecular flexibility index (Phi) is 2.64. The summed E-state index contributed by atoms with van der Waals surface area (Å²) in [7, 11) is 0. The average molecular weight is 222 g/mol. The van der Waals surface area contributed by atoms with E-state index in [-0.39, 0.29) is 16.7 Å². The molecule has 0 aliphatic rings. The monoisotopic (exact) mass is 222 g/mol. The number of nitro groups is 1. The number of rotatable bonds is 3. The lowest BCUT2D eigenvalue weighted by Crippen LogP contribution is -2.07. The lowest BCUT2D eigenvalue weighted by molar-refractivity contribution is -0.479. The minimum Gasteiger partial charge on any atom is -0.361 e. The van der Waals surface area contributed by atoms with Crippen molar-refractivity contribution in [2.75, 3.05) is 6.54 Å². The van der Waals surface area contributed by atoms with Crippen LogP contribution < -0.4 is 0 Å². The molecule has 1 aromatic carbocycles. The molecule has 0 amide bonds. The number of fused-ring (bicyclic) bond motifs is 1. The van der Waals surface area contributed by atoms with Gasteiger partial charge in [0.1, 0.15) is 0 Å². The number of H-pyrrole nitrogens is 1. The van der Waals surface area contributed by atoms with E-state index in [0.29, 0.717) is 0 Å². The molecule has 2 rings (SSSR count). The molecule has 0 aliphatic carbocycles. The molecule has 0 radical (unpaired) electrons. The first kappa shape index (κ1) is 10.0. The second-order valence-corrected chi connectivity index (χ2v) is 3.94. The van der Waals surface area contributed by atoms with Gasteiger partial charge in [0.15, 0.2) is 0 Å². The van der Waals surface area contributed by atoms with E-state index < -0.39 is 0 Å². The highest BCUT2D eigenvalue weighted by Crippen LogP contribution is 2.27. The molecule has 1 aromatic heterocycles. The first-order chi connectivity index (χ1) is 7.18. The van der Waals surface area contributed by atoms with Gasteiger partial charge in [-0.15, -0.1) is 0 Å². The zero-order chi connectivity index (χ0) is 10.8. The molecule has 78 valence electrons. The summed E-state index contributed by atoms with van der Waals surface area (Å²) in [5.74, 6) is 0. The third kappa shape index (κ3) is 1.97. The van der Waals surface area contributed by atoms with E-state index >= 15 is 0 Å². The highest BCUT2D eigenvalue weighted by Gasteiger charge is 2.16. The normalized spacial score (nSPS) is 12.9. The Morgan fingerprint density at radius 1 is 1.47 bits per heavy atom. The van der Waals surface area contributed by atoms with Crippen LogP contribution in [-0.2, 0) is 0 Å². The van der Waals surface area contributed by atoms with Gasteiger partial charge in [0, 0.05) is 22.0 Å². The van der Waals surface area contributed by atoms with E-state index in [1.54, 1.807) is 6.20 Å². The molecule has 2 aromatic rings. The van der Waals surface area contributed by atoms with Crippen molar-refractivity contribution in [3.05, 3.63) is 46.1 Å². The number of nitrogens with one attached hydrogen (secondary N) is 1. The maximum absolute atomic E-state index is 10.4. The number of para-hydroxylation sites is 1. The largest absolute Gasteiger partial charge is 0.361 e. The van der Waals surface area contributed by atoms with Gasteiger partial charge in [-0.25, -0.2) is 0 Å². The number of aromatic nitrogens is 1. The second-order valence-electron chi connectivity index (χ2n) is 3.32. The maximum Gasteiger partial charge on any atom is 0.219 e. The van der Waals surface area contributed by atoms with Crippen LogP contribution in [0.4, 0.5) is 0 Å². The van der Waals surface area contributed by atoms with E-state index in [0.717, 1.165) is 16.5 Å². The molecule has 5 heteroatoms. The summed E-state index contributed by atoms with van der Waals surface area (Å²) in [6.07, 6.45) is 1.78. The molecular weight excluding hydrogens is 212 g/mol. The summed E-state index contributed by atoms with van der Waals surface area (Å²) < 4.78 is 0. The predicted molar refractivity (Wildman–Crippen MR) is 61.9 cm³/mol. The minimum atomic E-state index is -0.365. The van der Waals surface area contributed by atoms with Gasteiger partial charge >= 0.3 is 0 Å². The number of aromatic amines is 1. The topological polar surface area (TPSA) is 58.9 Å². The highest BCUT2D eigenvalue weighted by atomic mass is 32.1. The van der Waals surface area contributed by atoms with Crippen LogP contribution in [0.15, 0.2) is 30.5 Å². The fourth-order valence-corrected chi connectivity index (χ4v) is 1.96. The fraction of sp³-hybridized carbons (Fsp3) is 0.200. The molecule has 1 heterocycles. The van der Waals surface area contributed by atoms with Crippen LogP contribution in [0.2, 0.25) is 0 Å². The maximum atomic E-state index is 10.4. The molecule has 0 saturated carbocycles. The zero-order valence-electron chi connectivity index (χ0n) is 7.88. The van der Waals surface area contributed by atoms with E-state index in [4.69, 9.17) is 0 Å². The van der Waals surface area contributed by atoms with Crippen LogP contribution in [-0.4, -0.2) is 16.5 Å². The minimum absolute atomic E-state index is 0.162. The van der Waals surface area contributed by atoms with Gasteiger partial charge < -0.3 is 4.98 Å². The van der Waals surface area contributed by atoms with E-state index in [1.807, 2.05) is 24.3 Å². The average Bonchev–Trinajstić information content (AvgIpc) is 2.59. The molecule has 1 N–H and O–H groups in total. The Bertz CT molecular complexity index is 495. The summed E-state index contributed by atoms with van der Waals surface area (Å²) in [5, 5.41) is 11.0. The molecule has 0 saturated heterocycles. The Labute approximate surface area is 91.9 Å². The second kappa shape index (κ2) is 3.94. The summed E-state index contributed by atoms with van der Waals surface area (Å²) in [6.45, 7) is -0.162. The van der Waals surface area contributed by atoms with Crippen LogP contribution in [0.5, 0.6) is 0 Å². The Morgan fingerprint density at radius 2 is 2.20 bits per heavy atom. The Morgan fingerprint density at radius 3 is 2.93 bits per heavy atom. The van der Waals surface area contributed by atoms with Gasteiger partial charge in [0.05, 0.1) is 5.25 Å². The van der Waals surface area contributed by atoms with Crippen molar-refractivity contribution < 1.29 is 4.92 Å². The lowest BCUT2D eigenvalue weighted by Gasteiger charge is -2.03. The molecule has 0 bridgehead atoms. The van der Waals surface area contributed by atoms with E-state index in [9.17, 15) is 10.1 Å². The van der Waals surface area contributed by atoms with Gasteiger partial charge in [-0.1, -0.05) is 18.2 Å². The van der Waals surface area contributed by atoms with Crippen molar-refractivity contribution in [1.29, 1.82) is 0 Å². The predicted octanol–water partition coefficient (Wildman–Crippen LogP) is 2.42. The van der Waals surface area contributed by atoms with Crippen LogP contribution in [0, 0.1) is 10.1 Å². The molecule has 4 nitrogen and oxygen atoms in total. The molecule has 15 heavy (non-hydrogen) atoms. The van der Waals surface area contributed by atoms with Crippen molar-refractivity contribution in [2.45, 2.75) is 5.25 Å². The van der Waals surface area contributed by atoms with E-state index in [1.165, 1.54) is 0 Å². The van der Waals surface area contributed by atoms with Crippen molar-refractivity contribution in [3.8, 4) is 0 Å². The summed E-state index contributed by atoms with van der Waals surface area (Å²) in [6, 6.07) is 7.70. The van der Waals surface area contributed by atoms with Crippen LogP contribution >= 0.6 is 12.6 Å². The smallest absolute Gasteiger partial charge is 0.219 e. The molecule has 0 aliphatic heterocycles. The SMILES string of the molecule is O=[N+]([O-])CC(S)c1c[nH]c2ccccc12. The van der Waals surface area contributed by atoms with Crippen LogP contribution in [0.1, 0.15) is 10.8 Å². The van der Waals surface area contributed by atoms with Crippen molar-refractivity contribution in [2.24, 2.45) is 0 Å². The summed E-state index contributed by atoms with van der Waals surface area (Å²) in [5.41, 5.74) is 1.86. The first-order valence-electron chi connectivity index (χ1n) is 4.54. The number of hydrogen-bond acceptors (Lipinski definition) is 3. The standard InChI is InChI=1S/C10H10N2O2S/c13-12(14)6-10(15)8-5-11-9-4-2-1-3-7(8)9/h1-5,10-11,15H,6H2. The lowest BCUT2D eigenvalue weighted by atomic mass is 10.1. The molecular formula is C10H10N2O2S. The first-order valence-corrected chi connectivity index (χ1v) is 5.06. The number of nitrogens with zero attached hydrogens (tertiary/aromatic N) is 1. The Balaban J connectivity index is 2.39. The van der Waals surface area contributed by atoms with Gasteiger partial charge in [-0.3, -0.25) is 10.1 Å². The molecule has 1 atom stereocenters. The highest BCUT2D eigenvalue weighted by molar-refractivity contribution is 7.80. The Hall–Kier alpha value is -1.49. The van der Waals surface area contributed by atoms with Crippen LogP contribution in [0.3, 0.4) is 0 Å². The van der Waals surface area contributed by atoms with E-state index in [2.05, 4.69) is 17.6 Å². The van der Waals surface area contributed by atoms with Crippen molar-refractivity contribution >= 4 is 23.5 Å². The van der Waals surface area contributed by atoms with Gasteiger partial charge in [-0.05, 0) is 11.6 Å². The quantitative estimate of drug-likeness (QED) is 0.476. The molecule has 1 unspecified atom stereocenters. The molecule has 0 spiro atoms.